The lowest BCUT2D eigenvalue weighted by molar-refractivity contribution is -0.119. The Morgan fingerprint density at radius 2 is 2.00 bits per heavy atom. The number of anilines is 1. The SMILES string of the molecule is CCCN(CC(F)(F)F)c1nc(Cl)ncc1Cl. The number of nitrogens with zero attached hydrogens (tertiary/aromatic N) is 3. The van der Waals surface area contributed by atoms with Crippen molar-refractivity contribution in [2.24, 2.45) is 0 Å². The minimum atomic E-state index is -4.32. The predicted octanol–water partition coefficient (Wildman–Crippen LogP) is 3.56. The summed E-state index contributed by atoms with van der Waals surface area (Å²) >= 11 is 11.3. The van der Waals surface area contributed by atoms with Gasteiger partial charge in [-0.05, 0) is 18.0 Å². The third-order valence-corrected chi connectivity index (χ3v) is 2.31. The van der Waals surface area contributed by atoms with Crippen LogP contribution in [0.3, 0.4) is 0 Å². The molecule has 0 radical (unpaired) electrons. The Balaban J connectivity index is 3.00. The van der Waals surface area contributed by atoms with Gasteiger partial charge in [0.25, 0.3) is 0 Å². The summed E-state index contributed by atoms with van der Waals surface area (Å²) < 4.78 is 37.2. The van der Waals surface area contributed by atoms with E-state index >= 15 is 0 Å². The minimum absolute atomic E-state index is 0.00541. The van der Waals surface area contributed by atoms with E-state index in [0.717, 1.165) is 4.90 Å². The summed E-state index contributed by atoms with van der Waals surface area (Å²) in [5, 5.41) is -0.0835. The first kappa shape index (κ1) is 14.3. The van der Waals surface area contributed by atoms with Crippen LogP contribution < -0.4 is 4.90 Å². The molecule has 0 atom stereocenters. The second kappa shape index (κ2) is 5.73. The summed E-state index contributed by atoms with van der Waals surface area (Å²) in [5.74, 6) is 0.00541. The van der Waals surface area contributed by atoms with E-state index in [1.54, 1.807) is 6.92 Å². The van der Waals surface area contributed by atoms with Crippen LogP contribution in [0.1, 0.15) is 13.3 Å². The van der Waals surface area contributed by atoms with Gasteiger partial charge in [-0.25, -0.2) is 4.98 Å². The number of hydrogen-bond acceptors (Lipinski definition) is 3. The Morgan fingerprint density at radius 3 is 2.53 bits per heavy atom. The Labute approximate surface area is 107 Å². The van der Waals surface area contributed by atoms with Crippen LogP contribution in [-0.2, 0) is 0 Å². The number of rotatable bonds is 4. The monoisotopic (exact) mass is 287 g/mol. The predicted molar refractivity (Wildman–Crippen MR) is 60.6 cm³/mol. The molecular formula is C9H10Cl2F3N3. The molecule has 0 saturated carbocycles. The Bertz CT molecular complexity index is 384. The summed E-state index contributed by atoms with van der Waals surface area (Å²) in [6.07, 6.45) is -2.60. The van der Waals surface area contributed by atoms with Crippen molar-refractivity contribution in [3.63, 3.8) is 0 Å². The molecule has 0 saturated heterocycles. The summed E-state index contributed by atoms with van der Waals surface area (Å²) in [6, 6.07) is 0. The van der Waals surface area contributed by atoms with E-state index in [-0.39, 0.29) is 22.7 Å². The summed E-state index contributed by atoms with van der Waals surface area (Å²) in [5.41, 5.74) is 0. The first-order valence-electron chi connectivity index (χ1n) is 4.83. The van der Waals surface area contributed by atoms with Crippen LogP contribution in [0.5, 0.6) is 0 Å². The van der Waals surface area contributed by atoms with Crippen molar-refractivity contribution in [3.8, 4) is 0 Å². The zero-order valence-corrected chi connectivity index (χ0v) is 10.4. The van der Waals surface area contributed by atoms with E-state index in [0.29, 0.717) is 6.42 Å². The highest BCUT2D eigenvalue weighted by Gasteiger charge is 2.32. The van der Waals surface area contributed by atoms with Gasteiger partial charge in [-0.1, -0.05) is 18.5 Å². The van der Waals surface area contributed by atoms with E-state index in [9.17, 15) is 13.2 Å². The summed E-state index contributed by atoms with van der Waals surface area (Å²) in [4.78, 5) is 8.35. The van der Waals surface area contributed by atoms with Crippen molar-refractivity contribution in [2.75, 3.05) is 18.0 Å². The first-order chi connectivity index (χ1) is 7.83. The molecule has 1 aromatic heterocycles. The Hall–Kier alpha value is -0.750. The standard InChI is InChI=1S/C9H10Cl2F3N3/c1-2-3-17(5-9(12,13)14)7-6(10)4-15-8(11)16-7/h4H,2-3,5H2,1H3. The van der Waals surface area contributed by atoms with Crippen molar-refractivity contribution in [1.82, 2.24) is 9.97 Å². The van der Waals surface area contributed by atoms with E-state index in [1.165, 1.54) is 6.20 Å². The third kappa shape index (κ3) is 4.55. The molecule has 96 valence electrons. The van der Waals surface area contributed by atoms with Crippen molar-refractivity contribution in [2.45, 2.75) is 19.5 Å². The lowest BCUT2D eigenvalue weighted by Crippen LogP contribution is -2.35. The molecule has 0 aromatic carbocycles. The maximum Gasteiger partial charge on any atom is 0.405 e. The highest BCUT2D eigenvalue weighted by molar-refractivity contribution is 6.33. The van der Waals surface area contributed by atoms with Gasteiger partial charge in [0, 0.05) is 6.54 Å². The molecular weight excluding hydrogens is 278 g/mol. The van der Waals surface area contributed by atoms with Crippen LogP contribution in [0.2, 0.25) is 10.3 Å². The van der Waals surface area contributed by atoms with Crippen molar-refractivity contribution in [3.05, 3.63) is 16.5 Å². The van der Waals surface area contributed by atoms with E-state index in [4.69, 9.17) is 23.2 Å². The molecule has 0 amide bonds. The molecule has 0 N–H and O–H groups in total. The molecule has 0 aliphatic heterocycles. The Kier molecular flexibility index (Phi) is 4.82. The van der Waals surface area contributed by atoms with Gasteiger partial charge >= 0.3 is 6.18 Å². The van der Waals surface area contributed by atoms with Crippen LogP contribution in [0, 0.1) is 0 Å². The Morgan fingerprint density at radius 1 is 1.35 bits per heavy atom. The van der Waals surface area contributed by atoms with E-state index < -0.39 is 12.7 Å². The highest BCUT2D eigenvalue weighted by Crippen LogP contribution is 2.27. The molecule has 8 heteroatoms. The second-order valence-electron chi connectivity index (χ2n) is 3.35. The van der Waals surface area contributed by atoms with Gasteiger partial charge in [0.15, 0.2) is 5.82 Å². The average Bonchev–Trinajstić information content (AvgIpc) is 2.19. The molecule has 3 nitrogen and oxygen atoms in total. The minimum Gasteiger partial charge on any atom is -0.346 e. The zero-order valence-electron chi connectivity index (χ0n) is 8.93. The second-order valence-corrected chi connectivity index (χ2v) is 4.09. The maximum atomic E-state index is 12.4. The molecule has 0 aliphatic carbocycles. The van der Waals surface area contributed by atoms with Gasteiger partial charge in [-0.15, -0.1) is 0 Å². The fraction of sp³-hybridized carbons (Fsp3) is 0.556. The van der Waals surface area contributed by atoms with Gasteiger partial charge in [0.1, 0.15) is 11.6 Å². The van der Waals surface area contributed by atoms with Crippen LogP contribution in [-0.4, -0.2) is 29.2 Å². The molecule has 0 bridgehead atoms. The van der Waals surface area contributed by atoms with Crippen LogP contribution in [0.15, 0.2) is 6.20 Å². The first-order valence-corrected chi connectivity index (χ1v) is 5.59. The van der Waals surface area contributed by atoms with Gasteiger partial charge in [-0.3, -0.25) is 0 Å². The molecule has 1 rings (SSSR count). The quantitative estimate of drug-likeness (QED) is 0.793. The van der Waals surface area contributed by atoms with Gasteiger partial charge in [-0.2, -0.15) is 18.2 Å². The summed E-state index contributed by atoms with van der Waals surface area (Å²) in [6.45, 7) is 0.834. The van der Waals surface area contributed by atoms with Gasteiger partial charge in [0.05, 0.1) is 6.20 Å². The molecule has 17 heavy (non-hydrogen) atoms. The van der Waals surface area contributed by atoms with Crippen LogP contribution in [0.4, 0.5) is 19.0 Å². The topological polar surface area (TPSA) is 29.0 Å². The largest absolute Gasteiger partial charge is 0.405 e. The van der Waals surface area contributed by atoms with E-state index in [1.807, 2.05) is 0 Å². The van der Waals surface area contributed by atoms with E-state index in [2.05, 4.69) is 9.97 Å². The smallest absolute Gasteiger partial charge is 0.346 e. The molecule has 1 heterocycles. The van der Waals surface area contributed by atoms with Gasteiger partial charge < -0.3 is 4.90 Å². The fourth-order valence-electron chi connectivity index (χ4n) is 1.31. The summed E-state index contributed by atoms with van der Waals surface area (Å²) in [7, 11) is 0. The molecule has 0 unspecified atom stereocenters. The number of alkyl halides is 3. The number of halogens is 5. The van der Waals surface area contributed by atoms with Crippen molar-refractivity contribution >= 4 is 29.0 Å². The highest BCUT2D eigenvalue weighted by atomic mass is 35.5. The lowest BCUT2D eigenvalue weighted by atomic mass is 10.3. The van der Waals surface area contributed by atoms with Crippen LogP contribution in [0.25, 0.3) is 0 Å². The molecule has 0 spiro atoms. The van der Waals surface area contributed by atoms with Crippen molar-refractivity contribution in [1.29, 1.82) is 0 Å². The molecule has 0 aliphatic rings. The maximum absolute atomic E-state index is 12.4. The van der Waals surface area contributed by atoms with Crippen LogP contribution >= 0.6 is 23.2 Å². The van der Waals surface area contributed by atoms with Crippen molar-refractivity contribution < 1.29 is 13.2 Å². The lowest BCUT2D eigenvalue weighted by Gasteiger charge is -2.24. The fourth-order valence-corrected chi connectivity index (χ4v) is 1.64. The average molecular weight is 288 g/mol. The number of aromatic nitrogens is 2. The molecule has 0 fully saturated rings. The van der Waals surface area contributed by atoms with Gasteiger partial charge in [0.2, 0.25) is 5.28 Å². The zero-order chi connectivity index (χ0) is 13.1. The molecule has 1 aromatic rings. The third-order valence-electron chi connectivity index (χ3n) is 1.86. The normalized spacial score (nSPS) is 11.6. The number of hydrogen-bond donors (Lipinski definition) is 0.